The van der Waals surface area contributed by atoms with Crippen molar-refractivity contribution in [1.29, 1.82) is 0 Å². The molecule has 0 saturated carbocycles. The number of likely N-dealkylation sites (tertiary alicyclic amines) is 1. The maximum Gasteiger partial charge on any atom is 0.193 e. The first kappa shape index (κ1) is 18.7. The molecular formula is C21H26FN5O. The first-order chi connectivity index (χ1) is 13.4. The summed E-state index contributed by atoms with van der Waals surface area (Å²) in [6.07, 6.45) is 2.43. The molecule has 2 aliphatic heterocycles. The average molecular weight is 383 g/mol. The van der Waals surface area contributed by atoms with E-state index in [0.29, 0.717) is 10.9 Å². The molecule has 2 aliphatic rings. The van der Waals surface area contributed by atoms with Gasteiger partial charge in [-0.1, -0.05) is 6.07 Å². The van der Waals surface area contributed by atoms with Crippen LogP contribution in [0.25, 0.3) is 10.9 Å². The van der Waals surface area contributed by atoms with Crippen LogP contribution in [-0.4, -0.2) is 28.5 Å². The van der Waals surface area contributed by atoms with E-state index in [2.05, 4.69) is 33.6 Å². The number of rotatable bonds is 4. The van der Waals surface area contributed by atoms with E-state index in [9.17, 15) is 9.18 Å². The molecule has 7 heteroatoms. The molecule has 1 saturated heterocycles. The van der Waals surface area contributed by atoms with E-state index in [1.54, 1.807) is 12.1 Å². The highest BCUT2D eigenvalue weighted by Crippen LogP contribution is 2.31. The minimum atomic E-state index is -0.790. The Morgan fingerprint density at radius 2 is 2.11 bits per heavy atom. The monoisotopic (exact) mass is 383 g/mol. The number of fused-ring (bicyclic) bond motifs is 1. The van der Waals surface area contributed by atoms with Gasteiger partial charge in [-0.25, -0.2) is 9.38 Å². The van der Waals surface area contributed by atoms with E-state index in [-0.39, 0.29) is 17.4 Å². The van der Waals surface area contributed by atoms with Crippen LogP contribution in [0.5, 0.6) is 0 Å². The van der Waals surface area contributed by atoms with Gasteiger partial charge in [0.05, 0.1) is 5.52 Å². The van der Waals surface area contributed by atoms with Crippen molar-refractivity contribution in [2.24, 2.45) is 10.7 Å². The number of nitrogens with zero attached hydrogens (tertiary/aromatic N) is 3. The number of hydrogen-bond donors (Lipinski definition) is 2. The van der Waals surface area contributed by atoms with Gasteiger partial charge in [0.25, 0.3) is 0 Å². The third kappa shape index (κ3) is 3.09. The molecule has 1 aromatic heterocycles. The van der Waals surface area contributed by atoms with Crippen LogP contribution < -0.4 is 16.5 Å². The van der Waals surface area contributed by atoms with E-state index in [0.717, 1.165) is 36.4 Å². The van der Waals surface area contributed by atoms with E-state index >= 15 is 0 Å². The third-order valence-corrected chi connectivity index (χ3v) is 5.63. The van der Waals surface area contributed by atoms with Gasteiger partial charge in [0.15, 0.2) is 11.4 Å². The predicted molar refractivity (Wildman–Crippen MR) is 110 cm³/mol. The zero-order valence-electron chi connectivity index (χ0n) is 16.5. The van der Waals surface area contributed by atoms with Crippen molar-refractivity contribution in [2.75, 3.05) is 13.1 Å². The highest BCUT2D eigenvalue weighted by molar-refractivity contribution is 5.83. The Morgan fingerprint density at radius 1 is 1.36 bits per heavy atom. The van der Waals surface area contributed by atoms with E-state index in [1.165, 1.54) is 12.6 Å². The summed E-state index contributed by atoms with van der Waals surface area (Å²) in [6.45, 7) is 9.00. The van der Waals surface area contributed by atoms with Crippen LogP contribution in [0, 0.1) is 6.92 Å². The first-order valence-corrected chi connectivity index (χ1v) is 9.72. The number of benzene rings is 1. The summed E-state index contributed by atoms with van der Waals surface area (Å²) in [5, 5.41) is 3.24. The topological polar surface area (TPSA) is 75.7 Å². The van der Waals surface area contributed by atoms with Crippen LogP contribution in [-0.2, 0) is 6.54 Å². The molecule has 0 amide bonds. The van der Waals surface area contributed by atoms with Crippen molar-refractivity contribution in [3.05, 3.63) is 57.3 Å². The maximum atomic E-state index is 14.4. The molecule has 4 rings (SSSR count). The number of hydrogen-bond acceptors (Lipinski definition) is 5. The second-order valence-electron chi connectivity index (χ2n) is 7.86. The van der Waals surface area contributed by atoms with Crippen molar-refractivity contribution in [2.45, 2.75) is 45.8 Å². The molecule has 1 unspecified atom stereocenters. The van der Waals surface area contributed by atoms with E-state index < -0.39 is 11.9 Å². The van der Waals surface area contributed by atoms with Crippen LogP contribution in [0.2, 0.25) is 0 Å². The lowest BCUT2D eigenvalue weighted by Crippen LogP contribution is -2.38. The normalized spacial score (nSPS) is 20.0. The lowest BCUT2D eigenvalue weighted by molar-refractivity contribution is 0.167. The molecule has 1 fully saturated rings. The first-order valence-electron chi connectivity index (χ1n) is 9.72. The van der Waals surface area contributed by atoms with Crippen molar-refractivity contribution < 1.29 is 4.39 Å². The van der Waals surface area contributed by atoms with Crippen molar-refractivity contribution in [1.82, 2.24) is 14.8 Å². The minimum absolute atomic E-state index is 0.0401. The quantitative estimate of drug-likeness (QED) is 0.851. The zero-order valence-corrected chi connectivity index (χ0v) is 16.5. The Morgan fingerprint density at radius 3 is 2.75 bits per heavy atom. The summed E-state index contributed by atoms with van der Waals surface area (Å²) in [5.41, 5.74) is 9.09. The summed E-state index contributed by atoms with van der Waals surface area (Å²) in [6, 6.07) is 4.81. The molecule has 0 aliphatic carbocycles. The highest BCUT2D eigenvalue weighted by Gasteiger charge is 2.24. The van der Waals surface area contributed by atoms with Crippen LogP contribution in [0.15, 0.2) is 40.0 Å². The fraction of sp³-hybridized carbons (Fsp3) is 0.429. The molecule has 1 aromatic carbocycles. The summed E-state index contributed by atoms with van der Waals surface area (Å²) in [7, 11) is 0. The number of nitrogens with one attached hydrogen (secondary N) is 1. The Hall–Kier alpha value is -2.67. The van der Waals surface area contributed by atoms with Gasteiger partial charge in [0.1, 0.15) is 11.9 Å². The summed E-state index contributed by atoms with van der Waals surface area (Å²) < 4.78 is 16.6. The summed E-state index contributed by atoms with van der Waals surface area (Å²) >= 11 is 0. The molecule has 6 nitrogen and oxygen atoms in total. The molecule has 0 spiro atoms. The van der Waals surface area contributed by atoms with Gasteiger partial charge in [0.2, 0.25) is 0 Å². The maximum absolute atomic E-state index is 14.4. The third-order valence-electron chi connectivity index (χ3n) is 5.63. The minimum Gasteiger partial charge on any atom is -0.370 e. The van der Waals surface area contributed by atoms with Gasteiger partial charge in [-0.05, 0) is 58.0 Å². The number of pyridine rings is 1. The second-order valence-corrected chi connectivity index (χ2v) is 7.86. The van der Waals surface area contributed by atoms with Crippen molar-refractivity contribution in [3.63, 3.8) is 0 Å². The molecule has 28 heavy (non-hydrogen) atoms. The molecule has 1 atom stereocenters. The van der Waals surface area contributed by atoms with Crippen molar-refractivity contribution in [3.8, 4) is 0 Å². The van der Waals surface area contributed by atoms with Gasteiger partial charge in [-0.3, -0.25) is 9.69 Å². The van der Waals surface area contributed by atoms with Gasteiger partial charge in [-0.2, -0.15) is 0 Å². The number of nitrogens with two attached hydrogens (primary N) is 1. The lowest BCUT2D eigenvalue weighted by Gasteiger charge is -2.33. The second kappa shape index (κ2) is 7.05. The highest BCUT2D eigenvalue weighted by atomic mass is 19.1. The van der Waals surface area contributed by atoms with Crippen LogP contribution >= 0.6 is 0 Å². The number of aromatic nitrogens is 1. The average Bonchev–Trinajstić information content (AvgIpc) is 2.63. The molecule has 3 heterocycles. The molecule has 0 bridgehead atoms. The van der Waals surface area contributed by atoms with E-state index in [4.69, 9.17) is 5.73 Å². The van der Waals surface area contributed by atoms with Gasteiger partial charge >= 0.3 is 0 Å². The van der Waals surface area contributed by atoms with Crippen LogP contribution in [0.3, 0.4) is 0 Å². The fourth-order valence-electron chi connectivity index (χ4n) is 4.00. The smallest absolute Gasteiger partial charge is 0.193 e. The largest absolute Gasteiger partial charge is 0.370 e. The Bertz CT molecular complexity index is 1050. The number of halogens is 1. The van der Waals surface area contributed by atoms with Gasteiger partial charge in [-0.15, -0.1) is 0 Å². The van der Waals surface area contributed by atoms with Gasteiger partial charge in [0, 0.05) is 35.4 Å². The summed E-state index contributed by atoms with van der Waals surface area (Å²) in [5.74, 6) is -0.227. The van der Waals surface area contributed by atoms with E-state index in [1.807, 2.05) is 13.0 Å². The van der Waals surface area contributed by atoms with Crippen LogP contribution in [0.1, 0.15) is 49.2 Å². The standard InChI is InChI=1S/C21H26FN5O/c1-12(2)27-17-9-14(19-16(22)10-24-21(23)25-19)5-6-15(17)20(28)13(3)18(27)11-26-7-4-8-26/h5-6,9-10,12,19H,4,7-8,11H2,1-3H3,(H3,23,24,25). The molecule has 0 radical (unpaired) electrons. The number of guanidine groups is 1. The predicted octanol–water partition coefficient (Wildman–Crippen LogP) is 2.87. The Balaban J connectivity index is 1.92. The fourth-order valence-corrected chi connectivity index (χ4v) is 4.00. The van der Waals surface area contributed by atoms with Gasteiger partial charge < -0.3 is 15.6 Å². The molecular weight excluding hydrogens is 357 g/mol. The van der Waals surface area contributed by atoms with Crippen molar-refractivity contribution >= 4 is 16.9 Å². The molecule has 2 aromatic rings. The molecule has 3 N–H and O–H groups in total. The number of aliphatic imine (C=N–C) groups is 1. The zero-order chi connectivity index (χ0) is 20.0. The SMILES string of the molecule is Cc1c(CN2CCC2)n(C(C)C)c2cc(C3N=C(N)NC=C3F)ccc2c1=O. The summed E-state index contributed by atoms with van der Waals surface area (Å²) in [4.78, 5) is 19.6. The lowest BCUT2D eigenvalue weighted by atomic mass is 10.00. The van der Waals surface area contributed by atoms with Crippen LogP contribution in [0.4, 0.5) is 4.39 Å². The Kier molecular flexibility index (Phi) is 4.71. The molecule has 148 valence electrons. The Labute approximate surface area is 163 Å².